The summed E-state index contributed by atoms with van der Waals surface area (Å²) in [5.74, 6) is -1.72. The lowest BCUT2D eigenvalue weighted by atomic mass is 10.0. The van der Waals surface area contributed by atoms with Crippen LogP contribution in [0, 0.1) is 11.3 Å². The van der Waals surface area contributed by atoms with E-state index in [0.29, 0.717) is 10.6 Å². The van der Waals surface area contributed by atoms with Crippen LogP contribution >= 0.6 is 23.2 Å². The highest BCUT2D eigenvalue weighted by atomic mass is 35.5. The van der Waals surface area contributed by atoms with E-state index in [1.54, 1.807) is 18.2 Å². The molecule has 1 amide bonds. The van der Waals surface area contributed by atoms with Crippen molar-refractivity contribution in [1.29, 1.82) is 5.26 Å². The summed E-state index contributed by atoms with van der Waals surface area (Å²) >= 11 is 11.7. The molecule has 24 heavy (non-hydrogen) atoms. The molecule has 0 bridgehead atoms. The molecule has 0 fully saturated rings. The van der Waals surface area contributed by atoms with Gasteiger partial charge in [0.2, 0.25) is 0 Å². The van der Waals surface area contributed by atoms with E-state index in [-0.39, 0.29) is 22.6 Å². The van der Waals surface area contributed by atoms with Gasteiger partial charge in [-0.15, -0.1) is 0 Å². The van der Waals surface area contributed by atoms with Gasteiger partial charge < -0.3 is 10.4 Å². The van der Waals surface area contributed by atoms with Gasteiger partial charge in [-0.3, -0.25) is 4.79 Å². The topological polar surface area (TPSA) is 90.2 Å². The number of carboxylic acids is 1. The number of hydrogen-bond acceptors (Lipinski definition) is 3. The normalized spacial score (nSPS) is 11.4. The van der Waals surface area contributed by atoms with E-state index in [9.17, 15) is 14.7 Å². The highest BCUT2D eigenvalue weighted by Crippen LogP contribution is 2.18. The van der Waals surface area contributed by atoms with E-state index in [0.717, 1.165) is 0 Å². The smallest absolute Gasteiger partial charge is 0.326 e. The average Bonchev–Trinajstić information content (AvgIpc) is 2.55. The second-order valence-corrected chi connectivity index (χ2v) is 5.85. The lowest BCUT2D eigenvalue weighted by Gasteiger charge is -2.15. The van der Waals surface area contributed by atoms with Crippen molar-refractivity contribution in [3.05, 3.63) is 69.2 Å². The summed E-state index contributed by atoms with van der Waals surface area (Å²) in [5, 5.41) is 21.4. The van der Waals surface area contributed by atoms with Crippen molar-refractivity contribution in [3.63, 3.8) is 0 Å². The largest absolute Gasteiger partial charge is 0.480 e. The van der Waals surface area contributed by atoms with Gasteiger partial charge >= 0.3 is 5.97 Å². The molecule has 1 unspecified atom stereocenters. The highest BCUT2D eigenvalue weighted by molar-refractivity contribution is 6.31. The van der Waals surface area contributed by atoms with Gasteiger partial charge in [0, 0.05) is 17.0 Å². The molecule has 0 aromatic heterocycles. The lowest BCUT2D eigenvalue weighted by molar-refractivity contribution is -0.139. The lowest BCUT2D eigenvalue weighted by Crippen LogP contribution is -2.42. The summed E-state index contributed by atoms with van der Waals surface area (Å²) in [6.07, 6.45) is 0.0213. The first kappa shape index (κ1) is 17.8. The first-order valence-electron chi connectivity index (χ1n) is 6.88. The number of aliphatic carboxylic acids is 1. The van der Waals surface area contributed by atoms with Crippen molar-refractivity contribution in [2.45, 2.75) is 12.5 Å². The van der Waals surface area contributed by atoms with E-state index < -0.39 is 17.9 Å². The Labute approximate surface area is 148 Å². The second kappa shape index (κ2) is 7.82. The number of amides is 1. The number of nitriles is 1. The van der Waals surface area contributed by atoms with Crippen molar-refractivity contribution in [1.82, 2.24) is 5.32 Å². The molecule has 0 heterocycles. The molecular formula is C17H12Cl2N2O3. The van der Waals surface area contributed by atoms with E-state index in [1.165, 1.54) is 24.3 Å². The van der Waals surface area contributed by atoms with Crippen molar-refractivity contribution >= 4 is 35.1 Å². The third-order valence-electron chi connectivity index (χ3n) is 3.28. The Balaban J connectivity index is 2.17. The fourth-order valence-corrected chi connectivity index (χ4v) is 2.44. The Bertz CT molecular complexity index is 831. The summed E-state index contributed by atoms with van der Waals surface area (Å²) in [6, 6.07) is 11.6. The molecule has 1 atom stereocenters. The number of benzene rings is 2. The van der Waals surface area contributed by atoms with Crippen molar-refractivity contribution in [2.24, 2.45) is 0 Å². The Morgan fingerprint density at radius 2 is 1.96 bits per heavy atom. The molecule has 0 aliphatic carbocycles. The zero-order valence-electron chi connectivity index (χ0n) is 12.3. The molecule has 2 rings (SSSR count). The quantitative estimate of drug-likeness (QED) is 0.853. The van der Waals surface area contributed by atoms with Crippen LogP contribution in [-0.4, -0.2) is 23.0 Å². The fourth-order valence-electron chi connectivity index (χ4n) is 2.09. The standard InChI is InChI=1S/C17H12Cl2N2O3/c18-13-3-1-2-11(8-13)16(22)21-15(17(23)24)7-10-4-5-14(19)12(6-10)9-20/h1-6,8,15H,7H2,(H,21,22)(H,23,24). The third-order valence-corrected chi connectivity index (χ3v) is 3.85. The number of carbonyl (C=O) groups is 2. The third kappa shape index (κ3) is 4.48. The van der Waals surface area contributed by atoms with Crippen LogP contribution in [0.2, 0.25) is 10.0 Å². The van der Waals surface area contributed by atoms with E-state index in [4.69, 9.17) is 28.5 Å². The van der Waals surface area contributed by atoms with Gasteiger partial charge in [-0.05, 0) is 35.9 Å². The maximum atomic E-state index is 12.2. The predicted molar refractivity (Wildman–Crippen MR) is 90.2 cm³/mol. The van der Waals surface area contributed by atoms with Crippen LogP contribution in [0.15, 0.2) is 42.5 Å². The minimum atomic E-state index is -1.18. The van der Waals surface area contributed by atoms with Gasteiger partial charge in [0.15, 0.2) is 0 Å². The number of hydrogen-bond donors (Lipinski definition) is 2. The number of carbonyl (C=O) groups excluding carboxylic acids is 1. The SMILES string of the molecule is N#Cc1cc(CC(NC(=O)c2cccc(Cl)c2)C(=O)O)ccc1Cl. The number of rotatable bonds is 5. The number of carboxylic acid groups (broad SMARTS) is 1. The second-order valence-electron chi connectivity index (χ2n) is 5.00. The zero-order valence-corrected chi connectivity index (χ0v) is 13.8. The molecule has 0 aliphatic heterocycles. The Kier molecular flexibility index (Phi) is 5.80. The molecule has 0 saturated carbocycles. The average molecular weight is 363 g/mol. The minimum absolute atomic E-state index is 0.0213. The molecule has 2 aromatic carbocycles. The van der Waals surface area contributed by atoms with Crippen LogP contribution in [0.3, 0.4) is 0 Å². The molecule has 2 aromatic rings. The van der Waals surface area contributed by atoms with Gasteiger partial charge in [-0.25, -0.2) is 4.79 Å². The Morgan fingerprint density at radius 1 is 1.21 bits per heavy atom. The van der Waals surface area contributed by atoms with Crippen LogP contribution in [0.5, 0.6) is 0 Å². The number of halogens is 2. The van der Waals surface area contributed by atoms with Gasteiger partial charge in [-0.1, -0.05) is 35.3 Å². The Morgan fingerprint density at radius 3 is 2.58 bits per heavy atom. The minimum Gasteiger partial charge on any atom is -0.480 e. The van der Waals surface area contributed by atoms with Crippen LogP contribution in [0.1, 0.15) is 21.5 Å². The summed E-state index contributed by atoms with van der Waals surface area (Å²) in [4.78, 5) is 23.6. The zero-order chi connectivity index (χ0) is 17.7. The predicted octanol–water partition coefficient (Wildman–Crippen LogP) is 3.29. The molecule has 0 radical (unpaired) electrons. The summed E-state index contributed by atoms with van der Waals surface area (Å²) in [7, 11) is 0. The van der Waals surface area contributed by atoms with Crippen molar-refractivity contribution in [3.8, 4) is 6.07 Å². The van der Waals surface area contributed by atoms with Crippen LogP contribution < -0.4 is 5.32 Å². The summed E-state index contributed by atoms with van der Waals surface area (Å²) in [6.45, 7) is 0. The van der Waals surface area contributed by atoms with Gasteiger partial charge in [0.1, 0.15) is 12.1 Å². The molecular weight excluding hydrogens is 351 g/mol. The molecule has 7 heteroatoms. The first-order valence-corrected chi connectivity index (χ1v) is 7.64. The van der Waals surface area contributed by atoms with E-state index in [1.807, 2.05) is 6.07 Å². The fraction of sp³-hybridized carbons (Fsp3) is 0.118. The molecule has 5 nitrogen and oxygen atoms in total. The number of nitrogens with zero attached hydrogens (tertiary/aromatic N) is 1. The first-order chi connectivity index (χ1) is 11.4. The van der Waals surface area contributed by atoms with Crippen LogP contribution in [0.4, 0.5) is 0 Å². The highest BCUT2D eigenvalue weighted by Gasteiger charge is 2.21. The van der Waals surface area contributed by atoms with Gasteiger partial charge in [-0.2, -0.15) is 5.26 Å². The number of nitrogens with one attached hydrogen (secondary N) is 1. The van der Waals surface area contributed by atoms with E-state index in [2.05, 4.69) is 5.32 Å². The molecule has 0 saturated heterocycles. The van der Waals surface area contributed by atoms with Crippen LogP contribution in [-0.2, 0) is 11.2 Å². The van der Waals surface area contributed by atoms with Gasteiger partial charge in [0.05, 0.1) is 10.6 Å². The van der Waals surface area contributed by atoms with Crippen molar-refractivity contribution < 1.29 is 14.7 Å². The summed E-state index contributed by atoms with van der Waals surface area (Å²) in [5.41, 5.74) is 1.09. The molecule has 2 N–H and O–H groups in total. The molecule has 122 valence electrons. The molecule has 0 aliphatic rings. The molecule has 0 spiro atoms. The van der Waals surface area contributed by atoms with Gasteiger partial charge in [0.25, 0.3) is 5.91 Å². The van der Waals surface area contributed by atoms with E-state index >= 15 is 0 Å². The summed E-state index contributed by atoms with van der Waals surface area (Å²) < 4.78 is 0. The monoisotopic (exact) mass is 362 g/mol. The maximum absolute atomic E-state index is 12.2. The van der Waals surface area contributed by atoms with Crippen molar-refractivity contribution in [2.75, 3.05) is 0 Å². The van der Waals surface area contributed by atoms with Crippen LogP contribution in [0.25, 0.3) is 0 Å². The maximum Gasteiger partial charge on any atom is 0.326 e. The Hall–Kier alpha value is -2.55.